The molecule has 4 rings (SSSR count). The van der Waals surface area contributed by atoms with Crippen molar-refractivity contribution in [1.29, 1.82) is 0 Å². The lowest BCUT2D eigenvalue weighted by Crippen LogP contribution is -2.27. The summed E-state index contributed by atoms with van der Waals surface area (Å²) in [6.07, 6.45) is 9.17. The third-order valence-electron chi connectivity index (χ3n) is 4.04. The van der Waals surface area contributed by atoms with Crippen molar-refractivity contribution in [1.82, 2.24) is 19.9 Å². The zero-order valence-corrected chi connectivity index (χ0v) is 14.8. The van der Waals surface area contributed by atoms with E-state index in [0.717, 1.165) is 5.39 Å². The number of hydrogen-bond donors (Lipinski definition) is 1. The quantitative estimate of drug-likeness (QED) is 0.420. The van der Waals surface area contributed by atoms with Crippen LogP contribution in [0.5, 0.6) is 0 Å². The van der Waals surface area contributed by atoms with E-state index in [0.29, 0.717) is 16.9 Å². The van der Waals surface area contributed by atoms with Gasteiger partial charge in [0.15, 0.2) is 11.7 Å². The summed E-state index contributed by atoms with van der Waals surface area (Å²) in [5.41, 5.74) is 1.74. The Bertz CT molecular complexity index is 1100. The molecule has 0 bridgehead atoms. The van der Waals surface area contributed by atoms with Crippen molar-refractivity contribution in [3.05, 3.63) is 54.6 Å². The highest BCUT2D eigenvalue weighted by Crippen LogP contribution is 2.29. The van der Waals surface area contributed by atoms with Gasteiger partial charge in [0, 0.05) is 23.3 Å². The number of nitrogens with zero attached hydrogens (tertiary/aromatic N) is 4. The van der Waals surface area contributed by atoms with Crippen molar-refractivity contribution in [3.63, 3.8) is 0 Å². The van der Waals surface area contributed by atoms with Gasteiger partial charge in [-0.1, -0.05) is 0 Å². The second-order valence-electron chi connectivity index (χ2n) is 5.85. The molecule has 1 aliphatic heterocycles. The third kappa shape index (κ3) is 3.25. The molecule has 0 amide bonds. The van der Waals surface area contributed by atoms with Crippen molar-refractivity contribution in [2.24, 2.45) is 10.9 Å². The minimum absolute atomic E-state index is 0.00148. The van der Waals surface area contributed by atoms with Gasteiger partial charge in [-0.3, -0.25) is 9.59 Å². The molecule has 0 saturated carbocycles. The lowest BCUT2D eigenvalue weighted by molar-refractivity contribution is -0.147. The van der Waals surface area contributed by atoms with Crippen molar-refractivity contribution in [3.8, 4) is 0 Å². The third-order valence-corrected chi connectivity index (χ3v) is 4.04. The van der Waals surface area contributed by atoms with Gasteiger partial charge in [-0.05, 0) is 25.1 Å². The second kappa shape index (κ2) is 7.39. The predicted molar refractivity (Wildman–Crippen MR) is 99.4 cm³/mol. The lowest BCUT2D eigenvalue weighted by Gasteiger charge is -2.06. The van der Waals surface area contributed by atoms with Gasteiger partial charge in [0.2, 0.25) is 11.7 Å². The molecule has 1 aliphatic rings. The van der Waals surface area contributed by atoms with Gasteiger partial charge >= 0.3 is 5.97 Å². The molecule has 1 N–H and O–H groups in total. The number of carbonyl (C=O) groups is 2. The number of aromatic nitrogens is 4. The van der Waals surface area contributed by atoms with E-state index in [-0.39, 0.29) is 18.3 Å². The Morgan fingerprint density at radius 3 is 3.00 bits per heavy atom. The molecule has 1 unspecified atom stereocenters. The molecule has 0 aliphatic carbocycles. The molecule has 1 atom stereocenters. The molecular weight excluding hydrogens is 362 g/mol. The number of nitrogens with one attached hydrogen (secondary N) is 1. The van der Waals surface area contributed by atoms with Crippen LogP contribution in [0.1, 0.15) is 12.5 Å². The summed E-state index contributed by atoms with van der Waals surface area (Å²) in [5.74, 6) is -2.57. The number of rotatable bonds is 4. The van der Waals surface area contributed by atoms with E-state index in [9.17, 15) is 9.59 Å². The van der Waals surface area contributed by atoms with Crippen molar-refractivity contribution in [2.45, 2.75) is 6.92 Å². The number of aliphatic imine (C=N–C) groups is 1. The van der Waals surface area contributed by atoms with Crippen molar-refractivity contribution in [2.75, 3.05) is 6.61 Å². The number of ketones is 1. The van der Waals surface area contributed by atoms with Crippen LogP contribution in [0.15, 0.2) is 54.0 Å². The van der Waals surface area contributed by atoms with Crippen LogP contribution in [0.3, 0.4) is 0 Å². The number of aromatic amines is 1. The fraction of sp³-hybridized carbons (Fsp3) is 0.158. The first-order valence-electron chi connectivity index (χ1n) is 8.53. The Hall–Kier alpha value is -3.88. The number of hydrogen-bond acceptors (Lipinski definition) is 8. The summed E-state index contributed by atoms with van der Waals surface area (Å²) < 4.78 is 10.7. The van der Waals surface area contributed by atoms with E-state index in [2.05, 4.69) is 24.9 Å². The van der Waals surface area contributed by atoms with E-state index in [4.69, 9.17) is 9.47 Å². The zero-order valence-electron chi connectivity index (χ0n) is 14.8. The number of Topliss-reactive ketones (excluding diaryl/α,β-unsaturated/α-hetero) is 1. The molecule has 140 valence electrons. The van der Waals surface area contributed by atoms with Gasteiger partial charge in [0.1, 0.15) is 17.7 Å². The monoisotopic (exact) mass is 377 g/mol. The molecule has 0 spiro atoms. The Kier molecular flexibility index (Phi) is 4.63. The summed E-state index contributed by atoms with van der Waals surface area (Å²) in [5, 5.41) is 0.820. The lowest BCUT2D eigenvalue weighted by atomic mass is 10.0. The second-order valence-corrected chi connectivity index (χ2v) is 5.85. The van der Waals surface area contributed by atoms with E-state index >= 15 is 0 Å². The maximum atomic E-state index is 12.9. The van der Waals surface area contributed by atoms with Gasteiger partial charge in [-0.25, -0.2) is 19.9 Å². The Balaban J connectivity index is 1.74. The maximum absolute atomic E-state index is 12.9. The first-order chi connectivity index (χ1) is 13.7. The van der Waals surface area contributed by atoms with E-state index in [1.54, 1.807) is 31.5 Å². The Morgan fingerprint density at radius 1 is 1.39 bits per heavy atom. The average molecular weight is 377 g/mol. The van der Waals surface area contributed by atoms with Crippen LogP contribution in [0, 0.1) is 5.92 Å². The molecular formula is C19H15N5O4. The van der Waals surface area contributed by atoms with Crippen LogP contribution in [-0.2, 0) is 19.1 Å². The molecule has 0 radical (unpaired) electrons. The van der Waals surface area contributed by atoms with Gasteiger partial charge in [0.25, 0.3) is 0 Å². The molecule has 9 nitrogen and oxygen atoms in total. The highest BCUT2D eigenvalue weighted by molar-refractivity contribution is 6.27. The van der Waals surface area contributed by atoms with E-state index < -0.39 is 17.7 Å². The normalized spacial score (nSPS) is 19.3. The number of fused-ring (bicyclic) bond motifs is 1. The highest BCUT2D eigenvalue weighted by Gasteiger charge is 2.44. The summed E-state index contributed by atoms with van der Waals surface area (Å²) in [7, 11) is 0. The topological polar surface area (TPSA) is 119 Å². The largest absolute Gasteiger partial charge is 0.465 e. The van der Waals surface area contributed by atoms with Crippen molar-refractivity contribution >= 4 is 40.4 Å². The SMILES string of the molecule is CCOC(=O)C1C(=O)/C(=C/c2c[nH]c3ncccc23)OC1=Nc1cncnc1. The standard InChI is InChI=1S/C19H15N5O4/c1-2-27-19(26)15-16(25)14(28-18(15)24-12-8-20-10-21-9-12)6-11-7-23-17-13(11)4-3-5-22-17/h3-10,15H,2H2,1H3,(H,22,23)/b14-6-,24-18?. The number of pyridine rings is 1. The van der Waals surface area contributed by atoms with Gasteiger partial charge in [0.05, 0.1) is 19.0 Å². The summed E-state index contributed by atoms with van der Waals surface area (Å²) in [4.78, 5) is 44.4. The maximum Gasteiger partial charge on any atom is 0.326 e. The van der Waals surface area contributed by atoms with Gasteiger partial charge < -0.3 is 14.5 Å². The fourth-order valence-corrected chi connectivity index (χ4v) is 2.81. The molecule has 1 fully saturated rings. The summed E-state index contributed by atoms with van der Waals surface area (Å²) >= 11 is 0. The van der Waals surface area contributed by atoms with Crippen LogP contribution in [0.2, 0.25) is 0 Å². The minimum atomic E-state index is -1.27. The molecule has 0 aromatic carbocycles. The van der Waals surface area contributed by atoms with Gasteiger partial charge in [-0.2, -0.15) is 0 Å². The fourth-order valence-electron chi connectivity index (χ4n) is 2.81. The molecule has 9 heteroatoms. The number of allylic oxidation sites excluding steroid dienone is 1. The first kappa shape index (κ1) is 17.5. The molecule has 1 saturated heterocycles. The minimum Gasteiger partial charge on any atom is -0.465 e. The van der Waals surface area contributed by atoms with Crippen molar-refractivity contribution < 1.29 is 19.1 Å². The number of esters is 1. The van der Waals surface area contributed by atoms with E-state index in [1.807, 2.05) is 6.07 Å². The van der Waals surface area contributed by atoms with Crippen LogP contribution < -0.4 is 0 Å². The number of carbonyl (C=O) groups excluding carboxylic acids is 2. The van der Waals surface area contributed by atoms with Crippen LogP contribution >= 0.6 is 0 Å². The predicted octanol–water partition coefficient (Wildman–Crippen LogP) is 2.20. The number of H-pyrrole nitrogens is 1. The highest BCUT2D eigenvalue weighted by atomic mass is 16.5. The molecule has 3 aromatic heterocycles. The first-order valence-corrected chi connectivity index (χ1v) is 8.53. The average Bonchev–Trinajstić information content (AvgIpc) is 3.24. The zero-order chi connectivity index (χ0) is 19.5. The van der Waals surface area contributed by atoms with Gasteiger partial charge in [-0.15, -0.1) is 0 Å². The molecule has 3 aromatic rings. The molecule has 4 heterocycles. The molecule has 28 heavy (non-hydrogen) atoms. The van der Waals surface area contributed by atoms with Crippen LogP contribution in [0.25, 0.3) is 17.1 Å². The smallest absolute Gasteiger partial charge is 0.326 e. The number of ether oxygens (including phenoxy) is 2. The Labute approximate surface area is 159 Å². The Morgan fingerprint density at radius 2 is 2.21 bits per heavy atom. The van der Waals surface area contributed by atoms with E-state index in [1.165, 1.54) is 18.7 Å². The summed E-state index contributed by atoms with van der Waals surface area (Å²) in [6, 6.07) is 3.66. The van der Waals surface area contributed by atoms with Crippen LogP contribution in [-0.4, -0.2) is 44.2 Å². The summed E-state index contributed by atoms with van der Waals surface area (Å²) in [6.45, 7) is 1.80. The van der Waals surface area contributed by atoms with Crippen LogP contribution in [0.4, 0.5) is 5.69 Å².